The molecule has 1 heterocycles. The molecule has 2 aromatic carbocycles. The SMILES string of the molecule is N#C/C(=C/Nc1ccc2nc[nH]c2c1)C(=O)Nc1ccc(O)cc1. The highest BCUT2D eigenvalue weighted by Crippen LogP contribution is 2.17. The fourth-order valence-electron chi connectivity index (χ4n) is 2.07. The van der Waals surface area contributed by atoms with Gasteiger partial charge in [-0.15, -0.1) is 0 Å². The highest BCUT2D eigenvalue weighted by Gasteiger charge is 2.09. The van der Waals surface area contributed by atoms with E-state index in [1.54, 1.807) is 24.5 Å². The molecule has 7 heteroatoms. The van der Waals surface area contributed by atoms with Gasteiger partial charge in [-0.25, -0.2) is 4.98 Å². The van der Waals surface area contributed by atoms with Crippen molar-refractivity contribution in [3.63, 3.8) is 0 Å². The Hall–Kier alpha value is -3.79. The molecule has 0 fully saturated rings. The van der Waals surface area contributed by atoms with Crippen LogP contribution in [0.1, 0.15) is 0 Å². The topological polar surface area (TPSA) is 114 Å². The van der Waals surface area contributed by atoms with Crippen molar-refractivity contribution in [2.75, 3.05) is 10.6 Å². The molecule has 7 nitrogen and oxygen atoms in total. The largest absolute Gasteiger partial charge is 0.508 e. The van der Waals surface area contributed by atoms with Gasteiger partial charge in [0.15, 0.2) is 0 Å². The number of amides is 1. The Morgan fingerprint density at radius 2 is 1.96 bits per heavy atom. The highest BCUT2D eigenvalue weighted by atomic mass is 16.3. The van der Waals surface area contributed by atoms with Crippen LogP contribution in [0.2, 0.25) is 0 Å². The van der Waals surface area contributed by atoms with Gasteiger partial charge in [0, 0.05) is 17.6 Å². The number of imidazole rings is 1. The van der Waals surface area contributed by atoms with Crippen molar-refractivity contribution in [2.45, 2.75) is 0 Å². The number of nitrogens with one attached hydrogen (secondary N) is 3. The van der Waals surface area contributed by atoms with Crippen LogP contribution in [-0.4, -0.2) is 21.0 Å². The van der Waals surface area contributed by atoms with E-state index >= 15 is 0 Å². The van der Waals surface area contributed by atoms with E-state index in [9.17, 15) is 9.90 Å². The van der Waals surface area contributed by atoms with Gasteiger partial charge in [-0.1, -0.05) is 0 Å². The summed E-state index contributed by atoms with van der Waals surface area (Å²) in [4.78, 5) is 19.2. The Morgan fingerprint density at radius 3 is 2.71 bits per heavy atom. The summed E-state index contributed by atoms with van der Waals surface area (Å²) in [5, 5.41) is 23.9. The molecular weight excluding hydrogens is 306 g/mol. The lowest BCUT2D eigenvalue weighted by molar-refractivity contribution is -0.112. The van der Waals surface area contributed by atoms with Crippen molar-refractivity contribution in [3.8, 4) is 11.8 Å². The summed E-state index contributed by atoms with van der Waals surface area (Å²) in [5.74, 6) is -0.446. The van der Waals surface area contributed by atoms with Gasteiger partial charge in [-0.3, -0.25) is 4.79 Å². The number of anilines is 2. The second kappa shape index (κ2) is 6.54. The number of benzene rings is 2. The van der Waals surface area contributed by atoms with Gasteiger partial charge in [0.25, 0.3) is 5.91 Å². The maximum atomic E-state index is 12.1. The number of phenolic OH excluding ortho intramolecular Hbond substituents is 1. The number of H-pyrrole nitrogens is 1. The molecule has 3 aromatic rings. The average Bonchev–Trinajstić information content (AvgIpc) is 3.05. The van der Waals surface area contributed by atoms with Gasteiger partial charge in [0.05, 0.1) is 17.4 Å². The third-order valence-electron chi connectivity index (χ3n) is 3.29. The van der Waals surface area contributed by atoms with Crippen molar-refractivity contribution in [1.29, 1.82) is 5.26 Å². The minimum absolute atomic E-state index is 0.0761. The van der Waals surface area contributed by atoms with Crippen LogP contribution in [0.4, 0.5) is 11.4 Å². The van der Waals surface area contributed by atoms with Crippen LogP contribution in [-0.2, 0) is 4.79 Å². The summed E-state index contributed by atoms with van der Waals surface area (Å²) in [6.07, 6.45) is 2.93. The predicted octanol–water partition coefficient (Wildman–Crippen LogP) is 2.73. The number of fused-ring (bicyclic) bond motifs is 1. The molecule has 0 atom stereocenters. The minimum atomic E-state index is -0.543. The smallest absolute Gasteiger partial charge is 0.267 e. The van der Waals surface area contributed by atoms with Crippen molar-refractivity contribution in [1.82, 2.24) is 9.97 Å². The maximum absolute atomic E-state index is 12.1. The van der Waals surface area contributed by atoms with E-state index in [0.29, 0.717) is 5.69 Å². The quantitative estimate of drug-likeness (QED) is 0.335. The molecule has 0 saturated heterocycles. The summed E-state index contributed by atoms with van der Waals surface area (Å²) in [5.41, 5.74) is 2.80. The molecule has 0 saturated carbocycles. The van der Waals surface area contributed by atoms with E-state index in [0.717, 1.165) is 16.7 Å². The Balaban J connectivity index is 1.72. The third-order valence-corrected chi connectivity index (χ3v) is 3.29. The van der Waals surface area contributed by atoms with Crippen molar-refractivity contribution in [3.05, 3.63) is 60.6 Å². The number of aromatic nitrogens is 2. The number of carbonyl (C=O) groups is 1. The summed E-state index contributed by atoms with van der Waals surface area (Å²) in [6.45, 7) is 0. The monoisotopic (exact) mass is 319 g/mol. The summed E-state index contributed by atoms with van der Waals surface area (Å²) < 4.78 is 0. The van der Waals surface area contributed by atoms with Crippen LogP contribution < -0.4 is 10.6 Å². The summed E-state index contributed by atoms with van der Waals surface area (Å²) in [7, 11) is 0. The first-order chi connectivity index (χ1) is 11.7. The van der Waals surface area contributed by atoms with Crippen molar-refractivity contribution >= 4 is 28.3 Å². The van der Waals surface area contributed by atoms with Crippen LogP contribution in [0.15, 0.2) is 60.6 Å². The van der Waals surface area contributed by atoms with Crippen LogP contribution >= 0.6 is 0 Å². The second-order valence-corrected chi connectivity index (χ2v) is 4.95. The molecule has 118 valence electrons. The van der Waals surface area contributed by atoms with Gasteiger partial charge in [0.2, 0.25) is 0 Å². The molecule has 0 aliphatic heterocycles. The lowest BCUT2D eigenvalue weighted by Gasteiger charge is -2.05. The zero-order chi connectivity index (χ0) is 16.9. The number of aromatic amines is 1. The standard InChI is InChI=1S/C17H13N5O2/c18-8-11(17(24)22-12-1-4-14(23)5-2-12)9-19-13-3-6-15-16(7-13)21-10-20-15/h1-7,9-10,19,23H,(H,20,21)(H,22,24)/b11-9-. The minimum Gasteiger partial charge on any atom is -0.508 e. The average molecular weight is 319 g/mol. The number of aromatic hydroxyl groups is 1. The zero-order valence-electron chi connectivity index (χ0n) is 12.4. The van der Waals surface area contributed by atoms with Crippen LogP contribution in [0.5, 0.6) is 5.75 Å². The van der Waals surface area contributed by atoms with Gasteiger partial charge in [-0.2, -0.15) is 5.26 Å². The Kier molecular flexibility index (Phi) is 4.12. The number of nitrogens with zero attached hydrogens (tertiary/aromatic N) is 2. The van der Waals surface area contributed by atoms with E-state index in [2.05, 4.69) is 20.6 Å². The molecule has 3 rings (SSSR count). The molecule has 1 amide bonds. The van der Waals surface area contributed by atoms with Crippen LogP contribution in [0, 0.1) is 11.3 Å². The highest BCUT2D eigenvalue weighted by molar-refractivity contribution is 6.06. The predicted molar refractivity (Wildman–Crippen MR) is 90.1 cm³/mol. The maximum Gasteiger partial charge on any atom is 0.267 e. The Morgan fingerprint density at radius 1 is 1.21 bits per heavy atom. The summed E-state index contributed by atoms with van der Waals surface area (Å²) in [6, 6.07) is 13.3. The molecule has 0 radical (unpaired) electrons. The van der Waals surface area contributed by atoms with Gasteiger partial charge in [-0.05, 0) is 42.5 Å². The molecule has 24 heavy (non-hydrogen) atoms. The Bertz CT molecular complexity index is 951. The van der Waals surface area contributed by atoms with E-state index in [4.69, 9.17) is 5.26 Å². The van der Waals surface area contributed by atoms with Gasteiger partial charge >= 0.3 is 0 Å². The fourth-order valence-corrected chi connectivity index (χ4v) is 2.07. The van der Waals surface area contributed by atoms with E-state index in [1.807, 2.05) is 18.2 Å². The molecular formula is C17H13N5O2. The van der Waals surface area contributed by atoms with E-state index in [1.165, 1.54) is 18.3 Å². The third kappa shape index (κ3) is 3.34. The van der Waals surface area contributed by atoms with E-state index < -0.39 is 5.91 Å². The first kappa shape index (κ1) is 15.1. The number of hydrogen-bond donors (Lipinski definition) is 4. The molecule has 0 unspecified atom stereocenters. The molecule has 0 bridgehead atoms. The molecule has 4 N–H and O–H groups in total. The normalized spacial score (nSPS) is 11.0. The fraction of sp³-hybridized carbons (Fsp3) is 0. The summed E-state index contributed by atoms with van der Waals surface area (Å²) >= 11 is 0. The number of nitriles is 1. The van der Waals surface area contributed by atoms with Gasteiger partial charge in [0.1, 0.15) is 17.4 Å². The lowest BCUT2D eigenvalue weighted by Crippen LogP contribution is -2.14. The van der Waals surface area contributed by atoms with Gasteiger partial charge < -0.3 is 20.7 Å². The molecule has 1 aromatic heterocycles. The lowest BCUT2D eigenvalue weighted by atomic mass is 10.2. The Labute approximate surface area is 137 Å². The number of carbonyl (C=O) groups excluding carboxylic acids is 1. The van der Waals surface area contributed by atoms with Crippen molar-refractivity contribution in [2.24, 2.45) is 0 Å². The van der Waals surface area contributed by atoms with Crippen LogP contribution in [0.25, 0.3) is 11.0 Å². The zero-order valence-corrected chi connectivity index (χ0v) is 12.4. The first-order valence-corrected chi connectivity index (χ1v) is 7.06. The molecule has 0 aliphatic rings. The second-order valence-electron chi connectivity index (χ2n) is 4.95. The van der Waals surface area contributed by atoms with Crippen LogP contribution in [0.3, 0.4) is 0 Å². The number of phenols is 1. The van der Waals surface area contributed by atoms with Crippen molar-refractivity contribution < 1.29 is 9.90 Å². The number of rotatable bonds is 4. The molecule has 0 spiro atoms. The number of hydrogen-bond acceptors (Lipinski definition) is 5. The van der Waals surface area contributed by atoms with E-state index in [-0.39, 0.29) is 11.3 Å². The molecule has 0 aliphatic carbocycles. The first-order valence-electron chi connectivity index (χ1n) is 7.06.